The second-order valence-electron chi connectivity index (χ2n) is 18.8. The zero-order chi connectivity index (χ0) is 41.7. The highest BCUT2D eigenvalue weighted by atomic mass is 16.3. The third-order valence-corrected chi connectivity index (χ3v) is 16.4. The molecule has 4 aromatic carbocycles. The van der Waals surface area contributed by atoms with Crippen LogP contribution in [0.1, 0.15) is 85.2 Å². The second kappa shape index (κ2) is 14.2. The van der Waals surface area contributed by atoms with Crippen LogP contribution in [-0.4, -0.2) is 61.4 Å². The lowest BCUT2D eigenvalue weighted by Crippen LogP contribution is -2.74. The highest BCUT2D eigenvalue weighted by Crippen LogP contribution is 2.77. The number of hydrogen-bond acceptors (Lipinski definition) is 9. The largest absolute Gasteiger partial charge is 0.507 e. The maximum absolute atomic E-state index is 12.4. The van der Waals surface area contributed by atoms with E-state index in [2.05, 4.69) is 66.2 Å². The predicted octanol–water partition coefficient (Wildman–Crippen LogP) is 9.22. The van der Waals surface area contributed by atoms with Crippen LogP contribution < -0.4 is 5.32 Å². The van der Waals surface area contributed by atoms with E-state index in [-0.39, 0.29) is 63.0 Å². The molecule has 4 aromatic rings. The van der Waals surface area contributed by atoms with Crippen molar-refractivity contribution in [2.45, 2.75) is 82.4 Å². The van der Waals surface area contributed by atoms with E-state index in [0.29, 0.717) is 53.4 Å². The molecule has 7 N–H and O–H groups in total. The highest BCUT2D eigenvalue weighted by Gasteiger charge is 2.75. The summed E-state index contributed by atoms with van der Waals surface area (Å²) in [5.74, 6) is -0.283. The van der Waals surface area contributed by atoms with E-state index in [4.69, 9.17) is 9.98 Å². The van der Waals surface area contributed by atoms with Gasteiger partial charge in [-0.05, 0) is 125 Å². The molecule has 2 heterocycles. The van der Waals surface area contributed by atoms with Crippen molar-refractivity contribution < 1.29 is 30.6 Å². The van der Waals surface area contributed by atoms with Crippen molar-refractivity contribution in [3.05, 3.63) is 124 Å². The van der Waals surface area contributed by atoms with E-state index < -0.39 is 11.5 Å². The van der Waals surface area contributed by atoms with Gasteiger partial charge in [-0.15, -0.1) is 0 Å². The van der Waals surface area contributed by atoms with Gasteiger partial charge in [0, 0.05) is 29.2 Å². The van der Waals surface area contributed by atoms with E-state index in [1.54, 1.807) is 30.4 Å². The topological polar surface area (TPSA) is 158 Å². The van der Waals surface area contributed by atoms with E-state index in [0.717, 1.165) is 36.1 Å². The lowest BCUT2D eigenvalue weighted by molar-refractivity contribution is -0.167. The smallest absolute Gasteiger partial charge is 0.169 e. The van der Waals surface area contributed by atoms with Crippen molar-refractivity contribution in [2.75, 3.05) is 6.67 Å². The molecule has 3 fully saturated rings. The Morgan fingerprint density at radius 3 is 2.43 bits per heavy atom. The number of hydrogen-bond donors (Lipinski definition) is 7. The van der Waals surface area contributed by atoms with E-state index in [1.165, 1.54) is 55.9 Å². The molecule has 3 saturated carbocycles. The fraction of sp³-hybridized carbons (Fsp3) is 0.385. The Hall–Kier alpha value is -5.64. The molecular weight excluding hydrogens is 763 g/mol. The molecule has 0 radical (unpaired) electrons. The van der Waals surface area contributed by atoms with Crippen LogP contribution in [0.25, 0.3) is 22.9 Å². The Morgan fingerprint density at radius 1 is 0.770 bits per heavy atom. The summed E-state index contributed by atoms with van der Waals surface area (Å²) in [6.07, 6.45) is 27.2. The molecule has 7 aliphatic rings. The summed E-state index contributed by atoms with van der Waals surface area (Å²) in [6, 6.07) is 18.1. The number of aliphatic hydroxyl groups excluding tert-OH is 1. The number of aliphatic imine (C=N–C) groups is 2. The number of fused-ring (bicyclic) bond motifs is 4. The van der Waals surface area contributed by atoms with Gasteiger partial charge in [-0.25, -0.2) is 0 Å². The number of benzene rings is 4. The number of rotatable bonds is 7. The first-order valence-electron chi connectivity index (χ1n) is 22.2. The van der Waals surface area contributed by atoms with Gasteiger partial charge in [0.1, 0.15) is 12.4 Å². The fourth-order valence-electron chi connectivity index (χ4n) is 14.0. The van der Waals surface area contributed by atoms with Crippen LogP contribution in [0.15, 0.2) is 107 Å². The molecule has 0 bridgehead atoms. The molecule has 9 atom stereocenters. The summed E-state index contributed by atoms with van der Waals surface area (Å²) in [5, 5.41) is 70.5. The van der Waals surface area contributed by atoms with Gasteiger partial charge in [0.05, 0.1) is 23.2 Å². The lowest BCUT2D eigenvalue weighted by Gasteiger charge is -2.70. The normalized spacial score (nSPS) is 33.3. The predicted molar refractivity (Wildman–Crippen MR) is 239 cm³/mol. The summed E-state index contributed by atoms with van der Waals surface area (Å²) in [4.78, 5) is 10.00. The first kappa shape index (κ1) is 38.3. The van der Waals surface area contributed by atoms with Gasteiger partial charge in [0.25, 0.3) is 0 Å². The Kier molecular flexibility index (Phi) is 8.92. The summed E-state index contributed by atoms with van der Waals surface area (Å²) >= 11 is 0. The summed E-state index contributed by atoms with van der Waals surface area (Å²) in [5.41, 5.74) is 6.09. The SMILES string of the molecule is Oc1ccc(C=Cc2c(CCc3ccc(C4C=CC5=CC6CCCC67CCC68CCCC6C=CC(O)C8C7(C6=NCN=C6)C5N4)cc3)c(O)c(O)c3c(O)cccc23)cc1O. The van der Waals surface area contributed by atoms with Crippen LogP contribution in [0.3, 0.4) is 0 Å². The average molecular weight is 816 g/mol. The Bertz CT molecular complexity index is 2640. The molecule has 9 heteroatoms. The zero-order valence-corrected chi connectivity index (χ0v) is 34.2. The van der Waals surface area contributed by atoms with Gasteiger partial charge < -0.3 is 30.6 Å². The number of nitrogens with zero attached hydrogens (tertiary/aromatic N) is 2. The van der Waals surface area contributed by atoms with Crippen molar-refractivity contribution in [3.63, 3.8) is 0 Å². The summed E-state index contributed by atoms with van der Waals surface area (Å²) in [6.45, 7) is 0.458. The third-order valence-electron chi connectivity index (χ3n) is 16.4. The monoisotopic (exact) mass is 815 g/mol. The second-order valence-corrected chi connectivity index (χ2v) is 18.8. The van der Waals surface area contributed by atoms with Crippen molar-refractivity contribution in [1.29, 1.82) is 0 Å². The minimum absolute atomic E-state index is 0.000457. The van der Waals surface area contributed by atoms with E-state index in [9.17, 15) is 30.6 Å². The summed E-state index contributed by atoms with van der Waals surface area (Å²) < 4.78 is 0. The standard InChI is InChI=1S/C52H53N3O6/c56-40-20-12-31(26-43(40)59)11-17-36-37-6-1-7-41(57)45(37)47(61)46(60)38(36)18-10-30-8-13-32(14-9-30)39-19-15-33-27-35-5-3-23-51(35)25-24-50-22-2-4-34(50)16-21-42(58)48(50)52(51,49(33)55-39)44-28-53-29-54-44/h1,6-9,11-17,19-21,26-28,34-35,39,42,48-49,55-61H,2-5,10,18,22-25,29H2. The van der Waals surface area contributed by atoms with Crippen LogP contribution in [0.5, 0.6) is 28.7 Å². The number of aryl methyl sites for hydroxylation is 1. The molecule has 61 heavy (non-hydrogen) atoms. The van der Waals surface area contributed by atoms with Crippen LogP contribution in [0.4, 0.5) is 0 Å². The van der Waals surface area contributed by atoms with Crippen LogP contribution in [0.2, 0.25) is 0 Å². The molecule has 0 aromatic heterocycles. The molecular formula is C52H53N3O6. The van der Waals surface area contributed by atoms with Gasteiger partial charge in [-0.1, -0.05) is 97.8 Å². The fourth-order valence-corrected chi connectivity index (χ4v) is 14.0. The number of aliphatic hydroxyl groups is 1. The number of aromatic hydroxyl groups is 5. The van der Waals surface area contributed by atoms with Crippen LogP contribution >= 0.6 is 0 Å². The molecule has 312 valence electrons. The van der Waals surface area contributed by atoms with Crippen molar-refractivity contribution >= 4 is 34.9 Å². The van der Waals surface area contributed by atoms with Crippen LogP contribution in [-0.2, 0) is 12.8 Å². The minimum atomic E-state index is -0.541. The van der Waals surface area contributed by atoms with Crippen LogP contribution in [0, 0.1) is 34.0 Å². The highest BCUT2D eigenvalue weighted by molar-refractivity contribution is 6.35. The van der Waals surface area contributed by atoms with Gasteiger partial charge >= 0.3 is 0 Å². The molecule has 5 aliphatic carbocycles. The third kappa shape index (κ3) is 5.52. The molecule has 0 saturated heterocycles. The molecule has 9 nitrogen and oxygen atoms in total. The number of nitrogens with one attached hydrogen (secondary N) is 1. The average Bonchev–Trinajstić information content (AvgIpc) is 4.05. The van der Waals surface area contributed by atoms with E-state index >= 15 is 0 Å². The summed E-state index contributed by atoms with van der Waals surface area (Å²) in [7, 11) is 0. The number of phenols is 5. The van der Waals surface area contributed by atoms with E-state index in [1.807, 2.05) is 0 Å². The molecule has 0 amide bonds. The van der Waals surface area contributed by atoms with Gasteiger partial charge in [0.15, 0.2) is 23.0 Å². The Balaban J connectivity index is 0.921. The Labute approximate surface area is 355 Å². The first-order valence-corrected chi connectivity index (χ1v) is 22.2. The van der Waals surface area contributed by atoms with Gasteiger partial charge in [0.2, 0.25) is 0 Å². The molecule has 2 aliphatic heterocycles. The number of allylic oxidation sites excluding steroid dienone is 2. The maximum atomic E-state index is 12.4. The maximum Gasteiger partial charge on any atom is 0.169 e. The van der Waals surface area contributed by atoms with Gasteiger partial charge in [-0.2, -0.15) is 0 Å². The van der Waals surface area contributed by atoms with Crippen molar-refractivity contribution in [3.8, 4) is 28.7 Å². The Morgan fingerprint density at radius 2 is 1.61 bits per heavy atom. The molecule has 11 rings (SSSR count). The zero-order valence-electron chi connectivity index (χ0n) is 34.2. The van der Waals surface area contributed by atoms with Crippen molar-refractivity contribution in [1.82, 2.24) is 5.32 Å². The number of phenolic OH excluding ortho intramolecular Hbond substituents is 5. The quantitative estimate of drug-likeness (QED) is 0.0557. The lowest BCUT2D eigenvalue weighted by atomic mass is 9.34. The van der Waals surface area contributed by atoms with Gasteiger partial charge in [-0.3, -0.25) is 15.3 Å². The molecule has 9 unspecified atom stereocenters. The van der Waals surface area contributed by atoms with Crippen molar-refractivity contribution in [2.24, 2.45) is 44.0 Å². The minimum Gasteiger partial charge on any atom is -0.507 e. The first-order chi connectivity index (χ1) is 29.6. The molecule has 2 spiro atoms.